The SMILES string of the molecule is CN(C)OC(N(C)C)C(CO)(CO)CO.NP(=O)(O)O. The Kier molecular flexibility index (Phi) is 10.8. The third-order valence-corrected chi connectivity index (χ3v) is 2.25. The van der Waals surface area contributed by atoms with Gasteiger partial charge in [-0.3, -0.25) is 9.74 Å². The van der Waals surface area contributed by atoms with Crippen molar-refractivity contribution in [1.29, 1.82) is 0 Å². The molecule has 0 fully saturated rings. The topological polar surface area (TPSA) is 160 Å². The molecule has 0 saturated carbocycles. The molecule has 1 unspecified atom stereocenters. The lowest BCUT2D eigenvalue weighted by atomic mass is 9.88. The smallest absolute Gasteiger partial charge is 0.395 e. The summed E-state index contributed by atoms with van der Waals surface area (Å²) in [5, 5.41) is 29.3. The van der Waals surface area contributed by atoms with Crippen LogP contribution in [-0.4, -0.2) is 89.3 Å². The van der Waals surface area contributed by atoms with Gasteiger partial charge in [0, 0.05) is 14.1 Å². The summed E-state index contributed by atoms with van der Waals surface area (Å²) < 4.78 is 9.10. The first-order valence-corrected chi connectivity index (χ1v) is 7.29. The Morgan fingerprint density at radius 1 is 1.10 bits per heavy atom. The van der Waals surface area contributed by atoms with Crippen LogP contribution in [0.1, 0.15) is 0 Å². The third kappa shape index (κ3) is 9.72. The number of rotatable bonds is 7. The van der Waals surface area contributed by atoms with Crippen molar-refractivity contribution >= 4 is 7.75 Å². The molecule has 0 spiro atoms. The summed E-state index contributed by atoms with van der Waals surface area (Å²) in [6.45, 7) is -1.05. The van der Waals surface area contributed by atoms with Crippen molar-refractivity contribution in [2.24, 2.45) is 10.9 Å². The molecular weight excluding hydrogens is 293 g/mol. The Morgan fingerprint density at radius 3 is 1.55 bits per heavy atom. The van der Waals surface area contributed by atoms with Crippen molar-refractivity contribution in [1.82, 2.24) is 9.96 Å². The zero-order chi connectivity index (χ0) is 16.6. The fraction of sp³-hybridized carbons (Fsp3) is 1.00. The quantitative estimate of drug-likeness (QED) is 0.166. The molecule has 0 aromatic carbocycles. The standard InChI is InChI=1S/C9H22N2O4.H4NO3P/c1-10(2)8(15-11(3)4)9(5-12,6-13)7-14;1-5(2,3)4/h8,12-14H,5-7H2,1-4H3;(H4,1,2,3,4). The number of aliphatic hydroxyl groups is 3. The van der Waals surface area contributed by atoms with Gasteiger partial charge in [0.15, 0.2) is 0 Å². The molecule has 10 nitrogen and oxygen atoms in total. The van der Waals surface area contributed by atoms with E-state index in [1.165, 1.54) is 5.06 Å². The Hall–Kier alpha value is -0.130. The molecule has 0 aliphatic carbocycles. The van der Waals surface area contributed by atoms with Gasteiger partial charge in [-0.25, -0.2) is 10.1 Å². The first-order chi connectivity index (χ1) is 8.93. The summed E-state index contributed by atoms with van der Waals surface area (Å²) in [7, 11) is 2.77. The van der Waals surface area contributed by atoms with Gasteiger partial charge >= 0.3 is 7.75 Å². The van der Waals surface area contributed by atoms with Crippen molar-refractivity contribution in [3.05, 3.63) is 0 Å². The van der Waals surface area contributed by atoms with Crippen LogP contribution in [0.5, 0.6) is 0 Å². The minimum atomic E-state index is -4.14. The molecule has 0 bridgehead atoms. The first-order valence-electron chi connectivity index (χ1n) is 5.60. The predicted octanol–water partition coefficient (Wildman–Crippen LogP) is -2.63. The zero-order valence-electron chi connectivity index (χ0n) is 12.2. The number of nitrogens with zero attached hydrogens (tertiary/aromatic N) is 2. The van der Waals surface area contributed by atoms with E-state index in [2.05, 4.69) is 5.50 Å². The Morgan fingerprint density at radius 2 is 1.40 bits per heavy atom. The molecule has 1 atom stereocenters. The number of nitrogens with two attached hydrogens (primary N) is 1. The van der Waals surface area contributed by atoms with Crippen molar-refractivity contribution in [3.63, 3.8) is 0 Å². The lowest BCUT2D eigenvalue weighted by molar-refractivity contribution is -0.265. The molecule has 0 radical (unpaired) electrons. The van der Waals surface area contributed by atoms with Gasteiger partial charge in [0.1, 0.15) is 6.23 Å². The summed E-state index contributed by atoms with van der Waals surface area (Å²) in [5.74, 6) is 0. The number of hydrogen-bond acceptors (Lipinski definition) is 7. The normalized spacial score (nSPS) is 14.2. The maximum atomic E-state index is 9.26. The summed E-state index contributed by atoms with van der Waals surface area (Å²) >= 11 is 0. The summed E-state index contributed by atoms with van der Waals surface area (Å²) in [6.07, 6.45) is -0.590. The van der Waals surface area contributed by atoms with E-state index >= 15 is 0 Å². The van der Waals surface area contributed by atoms with Gasteiger partial charge in [0.25, 0.3) is 0 Å². The van der Waals surface area contributed by atoms with Crippen LogP contribution in [0, 0.1) is 5.41 Å². The van der Waals surface area contributed by atoms with E-state index in [1.807, 2.05) is 0 Å². The van der Waals surface area contributed by atoms with E-state index in [1.54, 1.807) is 33.1 Å². The van der Waals surface area contributed by atoms with Gasteiger partial charge in [-0.1, -0.05) is 0 Å². The van der Waals surface area contributed by atoms with Crippen LogP contribution >= 0.6 is 7.75 Å². The van der Waals surface area contributed by atoms with Gasteiger partial charge < -0.3 is 25.1 Å². The lowest BCUT2D eigenvalue weighted by Crippen LogP contribution is -2.54. The van der Waals surface area contributed by atoms with Crippen LogP contribution in [-0.2, 0) is 9.40 Å². The van der Waals surface area contributed by atoms with Crippen LogP contribution in [0.25, 0.3) is 0 Å². The second-order valence-electron chi connectivity index (χ2n) is 4.66. The minimum Gasteiger partial charge on any atom is -0.395 e. The first kappa shape index (κ1) is 22.2. The predicted molar refractivity (Wildman–Crippen MR) is 72.2 cm³/mol. The molecule has 11 heteroatoms. The Labute approximate surface area is 118 Å². The highest BCUT2D eigenvalue weighted by molar-refractivity contribution is 7.49. The van der Waals surface area contributed by atoms with Crippen LogP contribution in [0.2, 0.25) is 0 Å². The van der Waals surface area contributed by atoms with Crippen LogP contribution in [0.4, 0.5) is 0 Å². The average Bonchev–Trinajstić information content (AvgIpc) is 2.27. The van der Waals surface area contributed by atoms with E-state index in [4.69, 9.17) is 19.2 Å². The molecule has 0 aromatic rings. The molecule has 0 saturated heterocycles. The Balaban J connectivity index is 0. The second kappa shape index (κ2) is 9.74. The van der Waals surface area contributed by atoms with E-state index < -0.39 is 19.4 Å². The van der Waals surface area contributed by atoms with E-state index in [0.29, 0.717) is 0 Å². The largest absolute Gasteiger partial charge is 0.397 e. The fourth-order valence-electron chi connectivity index (χ4n) is 1.34. The zero-order valence-corrected chi connectivity index (χ0v) is 13.1. The maximum Gasteiger partial charge on any atom is 0.397 e. The maximum absolute atomic E-state index is 9.26. The number of aliphatic hydroxyl groups excluding tert-OH is 3. The second-order valence-corrected chi connectivity index (χ2v) is 5.84. The van der Waals surface area contributed by atoms with Gasteiger partial charge in [-0.2, -0.15) is 5.06 Å². The average molecular weight is 319 g/mol. The minimum absolute atomic E-state index is 0.351. The lowest BCUT2D eigenvalue weighted by Gasteiger charge is -2.40. The molecule has 20 heavy (non-hydrogen) atoms. The summed E-state index contributed by atoms with van der Waals surface area (Å²) in [6, 6.07) is 0. The molecule has 0 aliphatic heterocycles. The Bertz CT molecular complexity index is 277. The van der Waals surface area contributed by atoms with Gasteiger partial charge in [-0.15, -0.1) is 0 Å². The van der Waals surface area contributed by atoms with Gasteiger partial charge in [0.2, 0.25) is 0 Å². The molecule has 0 heterocycles. The van der Waals surface area contributed by atoms with E-state index in [9.17, 15) is 15.3 Å². The third-order valence-electron chi connectivity index (χ3n) is 2.25. The highest BCUT2D eigenvalue weighted by atomic mass is 31.2. The van der Waals surface area contributed by atoms with Crippen molar-refractivity contribution in [3.8, 4) is 0 Å². The van der Waals surface area contributed by atoms with Crippen molar-refractivity contribution in [2.45, 2.75) is 6.23 Å². The van der Waals surface area contributed by atoms with E-state index in [-0.39, 0.29) is 19.8 Å². The molecule has 0 aromatic heterocycles. The highest BCUT2D eigenvalue weighted by Crippen LogP contribution is 2.25. The van der Waals surface area contributed by atoms with Crippen LogP contribution < -0.4 is 5.50 Å². The van der Waals surface area contributed by atoms with Crippen molar-refractivity contribution < 1.29 is 34.5 Å². The molecule has 0 rings (SSSR count). The molecular formula is C9H26N3O7P. The fourth-order valence-corrected chi connectivity index (χ4v) is 1.34. The highest BCUT2D eigenvalue weighted by Gasteiger charge is 2.41. The van der Waals surface area contributed by atoms with Crippen LogP contribution in [0.3, 0.4) is 0 Å². The summed E-state index contributed by atoms with van der Waals surface area (Å²) in [5.41, 5.74) is 2.95. The van der Waals surface area contributed by atoms with Gasteiger partial charge in [0.05, 0.1) is 25.2 Å². The molecule has 0 aliphatic rings. The molecule has 7 N–H and O–H groups in total. The van der Waals surface area contributed by atoms with E-state index in [0.717, 1.165) is 0 Å². The summed E-state index contributed by atoms with van der Waals surface area (Å²) in [4.78, 5) is 21.9. The number of hydroxylamine groups is 2. The number of hydrogen-bond donors (Lipinski definition) is 6. The van der Waals surface area contributed by atoms with Crippen LogP contribution in [0.15, 0.2) is 0 Å². The monoisotopic (exact) mass is 319 g/mol. The molecule has 0 amide bonds. The van der Waals surface area contributed by atoms with Gasteiger partial charge in [-0.05, 0) is 14.1 Å². The molecule has 124 valence electrons. The van der Waals surface area contributed by atoms with Crippen molar-refractivity contribution in [2.75, 3.05) is 48.0 Å².